The first-order valence-electron chi connectivity index (χ1n) is 9.35. The number of carbonyl (C=O) groups excluding carboxylic acids is 2. The number of carbonyl (C=O) groups is 2. The van der Waals surface area contributed by atoms with Crippen molar-refractivity contribution in [2.24, 2.45) is 5.73 Å². The molecule has 0 radical (unpaired) electrons. The average Bonchev–Trinajstić information content (AvgIpc) is 3.22. The lowest BCUT2D eigenvalue weighted by Gasteiger charge is -2.33. The summed E-state index contributed by atoms with van der Waals surface area (Å²) >= 11 is 0. The second-order valence-corrected chi connectivity index (χ2v) is 8.72. The van der Waals surface area contributed by atoms with E-state index >= 15 is 0 Å². The molecule has 1 aliphatic heterocycles. The Kier molecular flexibility index (Phi) is 3.99. The number of benzene rings is 1. The first-order chi connectivity index (χ1) is 13.1. The van der Waals surface area contributed by atoms with Crippen LogP contribution < -0.4 is 11.1 Å². The number of aromatic nitrogens is 2. The van der Waals surface area contributed by atoms with Crippen molar-refractivity contribution >= 4 is 11.9 Å². The van der Waals surface area contributed by atoms with Crippen molar-refractivity contribution < 1.29 is 14.0 Å². The van der Waals surface area contributed by atoms with E-state index in [0.717, 1.165) is 12.8 Å². The maximum Gasteiger partial charge on any atom is 0.315 e. The minimum absolute atomic E-state index is 0.201. The molecule has 1 aromatic heterocycles. The summed E-state index contributed by atoms with van der Waals surface area (Å²) in [5, 5.41) is 7.70. The third-order valence-corrected chi connectivity index (χ3v) is 5.21. The lowest BCUT2D eigenvalue weighted by molar-refractivity contribution is 0.0915. The fourth-order valence-corrected chi connectivity index (χ4v) is 3.80. The van der Waals surface area contributed by atoms with Crippen molar-refractivity contribution in [3.05, 3.63) is 41.3 Å². The standard InChI is InChI=1S/C20H24FN5O2/c1-19(2,3)23-17(27)15-14-10-25(18(22)28)11-20(7-8-20)26(14)24-16(15)12-5-4-6-13(21)9-12/h4-6,9H,7-8,10-11H2,1-3H3,(H2,22,28)(H,23,27). The fraction of sp³-hybridized carbons (Fsp3) is 0.450. The average molecular weight is 385 g/mol. The summed E-state index contributed by atoms with van der Waals surface area (Å²) in [5.41, 5.74) is 6.73. The van der Waals surface area contributed by atoms with E-state index in [1.54, 1.807) is 17.0 Å². The highest BCUT2D eigenvalue weighted by atomic mass is 19.1. The van der Waals surface area contributed by atoms with Gasteiger partial charge in [-0.3, -0.25) is 9.48 Å². The fourth-order valence-electron chi connectivity index (χ4n) is 3.80. The second-order valence-electron chi connectivity index (χ2n) is 8.72. The first kappa shape index (κ1) is 18.5. The summed E-state index contributed by atoms with van der Waals surface area (Å²) in [7, 11) is 0. The Morgan fingerprint density at radius 3 is 2.57 bits per heavy atom. The van der Waals surface area contributed by atoms with Gasteiger partial charge in [-0.05, 0) is 45.7 Å². The molecular formula is C20H24FN5O2. The van der Waals surface area contributed by atoms with Gasteiger partial charge < -0.3 is 16.0 Å². The highest BCUT2D eigenvalue weighted by Gasteiger charge is 2.52. The van der Waals surface area contributed by atoms with Crippen LogP contribution in [0.3, 0.4) is 0 Å². The van der Waals surface area contributed by atoms with Crippen LogP contribution in [0.1, 0.15) is 49.7 Å². The molecule has 0 atom stereocenters. The molecule has 1 saturated carbocycles. The maximum absolute atomic E-state index is 13.9. The van der Waals surface area contributed by atoms with Crippen molar-refractivity contribution in [1.82, 2.24) is 20.0 Å². The molecule has 8 heteroatoms. The zero-order chi connectivity index (χ0) is 20.3. The SMILES string of the molecule is CC(C)(C)NC(=O)c1c(-c2cccc(F)c2)nn2c1CN(C(N)=O)CC21CC1. The Balaban J connectivity index is 1.90. The van der Waals surface area contributed by atoms with E-state index in [1.165, 1.54) is 12.1 Å². The highest BCUT2D eigenvalue weighted by Crippen LogP contribution is 2.48. The summed E-state index contributed by atoms with van der Waals surface area (Å²) in [6.45, 7) is 6.34. The van der Waals surface area contributed by atoms with Gasteiger partial charge in [0.1, 0.15) is 11.5 Å². The third-order valence-electron chi connectivity index (χ3n) is 5.21. The van der Waals surface area contributed by atoms with Gasteiger partial charge in [-0.2, -0.15) is 5.10 Å². The van der Waals surface area contributed by atoms with Crippen LogP contribution in [0.5, 0.6) is 0 Å². The molecule has 1 fully saturated rings. The molecule has 0 unspecified atom stereocenters. The Hall–Kier alpha value is -2.90. The summed E-state index contributed by atoms with van der Waals surface area (Å²) < 4.78 is 15.7. The van der Waals surface area contributed by atoms with Crippen molar-refractivity contribution in [2.75, 3.05) is 6.54 Å². The topological polar surface area (TPSA) is 93.2 Å². The van der Waals surface area contributed by atoms with Crippen LogP contribution in [0.4, 0.5) is 9.18 Å². The van der Waals surface area contributed by atoms with Gasteiger partial charge in [-0.1, -0.05) is 12.1 Å². The molecule has 1 aliphatic carbocycles. The summed E-state index contributed by atoms with van der Waals surface area (Å²) in [6, 6.07) is 5.53. The van der Waals surface area contributed by atoms with Crippen LogP contribution in [0, 0.1) is 5.82 Å². The lowest BCUT2D eigenvalue weighted by Crippen LogP contribution is -2.48. The number of hydrogen-bond acceptors (Lipinski definition) is 3. The molecule has 148 valence electrons. The monoisotopic (exact) mass is 385 g/mol. The molecule has 0 saturated heterocycles. The predicted octanol–water partition coefficient (Wildman–Crippen LogP) is 2.60. The first-order valence-corrected chi connectivity index (χ1v) is 9.35. The van der Waals surface area contributed by atoms with Crippen molar-refractivity contribution in [3.8, 4) is 11.3 Å². The molecule has 2 aliphatic rings. The van der Waals surface area contributed by atoms with E-state index in [4.69, 9.17) is 10.8 Å². The van der Waals surface area contributed by atoms with Crippen molar-refractivity contribution in [3.63, 3.8) is 0 Å². The largest absolute Gasteiger partial charge is 0.351 e. The van der Waals surface area contributed by atoms with Gasteiger partial charge in [0.25, 0.3) is 5.91 Å². The molecule has 4 rings (SSSR count). The molecule has 1 spiro atoms. The molecule has 2 aromatic rings. The maximum atomic E-state index is 13.9. The van der Waals surface area contributed by atoms with Crippen LogP contribution in [0.2, 0.25) is 0 Å². The Morgan fingerprint density at radius 1 is 1.29 bits per heavy atom. The van der Waals surface area contributed by atoms with E-state index in [9.17, 15) is 14.0 Å². The number of nitrogens with zero attached hydrogens (tertiary/aromatic N) is 3. The normalized spacial score (nSPS) is 17.4. The molecule has 2 heterocycles. The number of rotatable bonds is 2. The second kappa shape index (κ2) is 6.05. The zero-order valence-corrected chi connectivity index (χ0v) is 16.3. The van der Waals surface area contributed by atoms with Gasteiger partial charge >= 0.3 is 6.03 Å². The minimum Gasteiger partial charge on any atom is -0.351 e. The smallest absolute Gasteiger partial charge is 0.315 e. The van der Waals surface area contributed by atoms with E-state index in [-0.39, 0.29) is 18.0 Å². The van der Waals surface area contributed by atoms with Gasteiger partial charge in [0.15, 0.2) is 0 Å². The van der Waals surface area contributed by atoms with Gasteiger partial charge in [-0.15, -0.1) is 0 Å². The zero-order valence-electron chi connectivity index (χ0n) is 16.3. The van der Waals surface area contributed by atoms with E-state index in [1.807, 2.05) is 25.5 Å². The van der Waals surface area contributed by atoms with E-state index in [2.05, 4.69) is 5.32 Å². The van der Waals surface area contributed by atoms with Gasteiger partial charge in [0, 0.05) is 17.6 Å². The molecule has 7 nitrogen and oxygen atoms in total. The van der Waals surface area contributed by atoms with Crippen LogP contribution in [-0.2, 0) is 12.1 Å². The molecule has 1 aromatic carbocycles. The van der Waals surface area contributed by atoms with Gasteiger partial charge in [-0.25, -0.2) is 9.18 Å². The number of nitrogens with two attached hydrogens (primary N) is 1. The van der Waals surface area contributed by atoms with Gasteiger partial charge in [0.05, 0.1) is 23.3 Å². The Morgan fingerprint density at radius 2 is 2.00 bits per heavy atom. The number of primary amides is 1. The molecule has 3 N–H and O–H groups in total. The van der Waals surface area contributed by atoms with Crippen LogP contribution in [-0.4, -0.2) is 38.7 Å². The summed E-state index contributed by atoms with van der Waals surface area (Å²) in [4.78, 5) is 26.6. The van der Waals surface area contributed by atoms with Gasteiger partial charge in [0.2, 0.25) is 0 Å². The predicted molar refractivity (Wildman–Crippen MR) is 102 cm³/mol. The van der Waals surface area contributed by atoms with Crippen molar-refractivity contribution in [2.45, 2.75) is 51.2 Å². The van der Waals surface area contributed by atoms with Crippen LogP contribution in [0.15, 0.2) is 24.3 Å². The minimum atomic E-state index is -0.520. The summed E-state index contributed by atoms with van der Waals surface area (Å²) in [5.74, 6) is -0.694. The number of nitrogens with one attached hydrogen (secondary N) is 1. The molecule has 28 heavy (non-hydrogen) atoms. The summed E-state index contributed by atoms with van der Waals surface area (Å²) in [6.07, 6.45) is 1.71. The third kappa shape index (κ3) is 3.12. The Bertz CT molecular complexity index is 971. The molecule has 0 bridgehead atoms. The quantitative estimate of drug-likeness (QED) is 0.832. The molecular weight excluding hydrogens is 361 g/mol. The number of halogens is 1. The van der Waals surface area contributed by atoms with E-state index < -0.39 is 17.4 Å². The number of fused-ring (bicyclic) bond motifs is 2. The number of amides is 3. The van der Waals surface area contributed by atoms with Crippen LogP contribution >= 0.6 is 0 Å². The number of hydrogen-bond donors (Lipinski definition) is 2. The molecule has 3 amide bonds. The van der Waals surface area contributed by atoms with Crippen molar-refractivity contribution in [1.29, 1.82) is 0 Å². The van der Waals surface area contributed by atoms with Crippen LogP contribution in [0.25, 0.3) is 11.3 Å². The lowest BCUT2D eigenvalue weighted by atomic mass is 10.0. The Labute approximate surface area is 162 Å². The highest BCUT2D eigenvalue weighted by molar-refractivity contribution is 6.01. The number of urea groups is 1. The van der Waals surface area contributed by atoms with E-state index in [0.29, 0.717) is 29.1 Å².